The molecule has 9 aromatic rings. The second-order valence-electron chi connectivity index (χ2n) is 23.3. The quantitative estimate of drug-likeness (QED) is 0.0150. The van der Waals surface area contributed by atoms with Crippen molar-refractivity contribution in [2.45, 2.75) is 122 Å². The van der Waals surface area contributed by atoms with Crippen molar-refractivity contribution in [2.75, 3.05) is 35.6 Å². The van der Waals surface area contributed by atoms with E-state index in [1.165, 1.54) is 0 Å². The van der Waals surface area contributed by atoms with Gasteiger partial charge in [-0.2, -0.15) is 0 Å². The molecule has 9 rings (SSSR count). The van der Waals surface area contributed by atoms with E-state index in [0.717, 1.165) is 83.2 Å². The van der Waals surface area contributed by atoms with Crippen LogP contribution in [0.5, 0.6) is 0 Å². The fraction of sp³-hybridized carbons (Fsp3) is 0.314. The highest BCUT2D eigenvalue weighted by atomic mass is 35.5. The normalized spacial score (nSPS) is 12.5. The molecule has 6 aromatic carbocycles. The number of carbonyl (C=O) groups excluding carboxylic acids is 6. The van der Waals surface area contributed by atoms with Crippen molar-refractivity contribution in [2.24, 2.45) is 17.2 Å². The van der Waals surface area contributed by atoms with E-state index >= 15 is 0 Å². The Bertz CT molecular complexity index is 3640. The number of aromatic nitrogens is 3. The number of halogens is 3. The van der Waals surface area contributed by atoms with Gasteiger partial charge in [0.25, 0.3) is 0 Å². The zero-order valence-corrected chi connectivity index (χ0v) is 53.6. The molecule has 21 heteroatoms. The number of unbranched alkanes of at least 4 members (excludes halogenated alkanes) is 3. The van der Waals surface area contributed by atoms with Crippen LogP contribution in [-0.2, 0) is 48.0 Å². The smallest absolute Gasteiger partial charge is 0.246 e. The Morgan fingerprint density at radius 1 is 0.385 bits per heavy atom. The minimum absolute atomic E-state index is 0.0403. The standard InChI is InChI=1S/C70H79Cl3N12O6/c1-40-52(55-34-46(71)19-28-58(55)77-40)37-64(86)83-61(10-4-7-31-74)68(89)80-49-22-13-43(14-23-49)67(44-15-24-50(25-16-44)81-69(90)62(11-5-8-32-75)84-65(87)38-53-41(2)78-59-29-20-47(72)35-56(53)59)45-17-26-51(27-18-45)82-70(91)63(12-6-9-33-76)85-66(88)39-54-42(3)79-60-30-21-48(73)36-57(54)60/h13-30,34-36,61-63,67,77-79H,4-12,31-33,37-39,74-76H2,1-3H3,(H,80,89)(H,81,90)(H,82,91)(H,83,86)(H,84,87)(H,85,88)/t61-,62-,63-/m1/s1. The molecule has 0 aliphatic carbocycles. The van der Waals surface area contributed by atoms with E-state index in [0.29, 0.717) is 110 Å². The van der Waals surface area contributed by atoms with E-state index < -0.39 is 24.0 Å². The second-order valence-corrected chi connectivity index (χ2v) is 24.6. The molecule has 0 bridgehead atoms. The number of carbonyl (C=O) groups is 6. The van der Waals surface area contributed by atoms with E-state index in [1.807, 2.05) is 130 Å². The van der Waals surface area contributed by atoms with Gasteiger partial charge < -0.3 is 64.1 Å². The van der Waals surface area contributed by atoms with Crippen LogP contribution in [0.3, 0.4) is 0 Å². The highest BCUT2D eigenvalue weighted by Crippen LogP contribution is 2.35. The van der Waals surface area contributed by atoms with Crippen LogP contribution in [0.4, 0.5) is 17.1 Å². The average Bonchev–Trinajstić information content (AvgIpc) is 1.98. The lowest BCUT2D eigenvalue weighted by molar-refractivity contribution is -0.126. The monoisotopic (exact) mass is 1290 g/mol. The van der Waals surface area contributed by atoms with E-state index in [1.54, 1.807) is 18.2 Å². The third-order valence-electron chi connectivity index (χ3n) is 16.6. The highest BCUT2D eigenvalue weighted by Gasteiger charge is 2.27. The van der Waals surface area contributed by atoms with Gasteiger partial charge in [0.05, 0.1) is 19.3 Å². The Balaban J connectivity index is 0.941. The number of fused-ring (bicyclic) bond motifs is 3. The van der Waals surface area contributed by atoms with Gasteiger partial charge in [-0.25, -0.2) is 0 Å². The largest absolute Gasteiger partial charge is 0.358 e. The molecule has 3 aromatic heterocycles. The summed E-state index contributed by atoms with van der Waals surface area (Å²) < 4.78 is 0. The van der Waals surface area contributed by atoms with Crippen LogP contribution in [0.25, 0.3) is 32.7 Å². The van der Waals surface area contributed by atoms with E-state index in [4.69, 9.17) is 52.0 Å². The zero-order chi connectivity index (χ0) is 64.7. The molecular formula is C70H79Cl3N12O6. The van der Waals surface area contributed by atoms with Crippen LogP contribution in [0.1, 0.15) is 114 Å². The first-order valence-corrected chi connectivity index (χ1v) is 32.0. The maximum absolute atomic E-state index is 14.1. The van der Waals surface area contributed by atoms with Gasteiger partial charge in [-0.3, -0.25) is 28.8 Å². The van der Waals surface area contributed by atoms with Gasteiger partial charge in [-0.15, -0.1) is 0 Å². The fourth-order valence-electron chi connectivity index (χ4n) is 11.8. The molecule has 15 N–H and O–H groups in total. The summed E-state index contributed by atoms with van der Waals surface area (Å²) >= 11 is 19.0. The summed E-state index contributed by atoms with van der Waals surface area (Å²) in [4.78, 5) is 93.5. The Kier molecular flexibility index (Phi) is 23.2. The van der Waals surface area contributed by atoms with E-state index in [2.05, 4.69) is 46.9 Å². The summed E-state index contributed by atoms with van der Waals surface area (Å²) in [5.41, 5.74) is 29.1. The molecule has 91 heavy (non-hydrogen) atoms. The Labute approximate surface area is 544 Å². The lowest BCUT2D eigenvalue weighted by Crippen LogP contribution is -2.44. The molecule has 476 valence electrons. The maximum Gasteiger partial charge on any atom is 0.246 e. The van der Waals surface area contributed by atoms with Crippen LogP contribution >= 0.6 is 34.8 Å². The summed E-state index contributed by atoms with van der Waals surface area (Å²) in [6, 6.07) is 36.3. The number of H-pyrrole nitrogens is 3. The fourth-order valence-corrected chi connectivity index (χ4v) is 12.3. The van der Waals surface area contributed by atoms with Gasteiger partial charge in [-0.1, -0.05) is 71.2 Å². The molecule has 0 saturated carbocycles. The van der Waals surface area contributed by atoms with Crippen LogP contribution in [0, 0.1) is 20.8 Å². The molecule has 3 heterocycles. The minimum atomic E-state index is -0.849. The number of aryl methyl sites for hydroxylation is 3. The number of hydrogen-bond acceptors (Lipinski definition) is 9. The molecule has 0 saturated heterocycles. The number of aromatic amines is 3. The molecule has 0 radical (unpaired) electrons. The third kappa shape index (κ3) is 17.5. The van der Waals surface area contributed by atoms with Crippen molar-refractivity contribution in [3.05, 3.63) is 193 Å². The number of rotatable bonds is 30. The molecule has 18 nitrogen and oxygen atoms in total. The van der Waals surface area contributed by atoms with Gasteiger partial charge in [-0.05, 0) is 223 Å². The van der Waals surface area contributed by atoms with Crippen LogP contribution in [0.2, 0.25) is 15.1 Å². The molecule has 0 unspecified atom stereocenters. The summed E-state index contributed by atoms with van der Waals surface area (Å²) in [5, 5.41) is 22.2. The SMILES string of the molecule is Cc1[nH]c2ccc(Cl)cc2c1CC(=O)N[C@H](CCCCN)C(=O)Nc1ccc(C(c2ccc(NC(=O)[C@@H](CCCCN)NC(=O)Cc3c(C)[nH]c4ccc(Cl)cc34)cc2)c2ccc(NC(=O)[C@@H](CCCCN)NC(=O)Cc3c(C)[nH]c4ccc(Cl)cc34)cc2)cc1. The summed E-state index contributed by atoms with van der Waals surface area (Å²) in [6.45, 7) is 7.02. The number of anilines is 3. The molecule has 0 fully saturated rings. The third-order valence-corrected chi connectivity index (χ3v) is 17.3. The molecule has 6 amide bonds. The number of benzene rings is 6. The predicted molar refractivity (Wildman–Crippen MR) is 366 cm³/mol. The van der Waals surface area contributed by atoms with Gasteiger partial charge in [0.1, 0.15) is 18.1 Å². The molecule has 0 aliphatic heterocycles. The lowest BCUT2D eigenvalue weighted by Gasteiger charge is -2.22. The van der Waals surface area contributed by atoms with Crippen molar-refractivity contribution in [1.29, 1.82) is 0 Å². The van der Waals surface area contributed by atoms with Crippen LogP contribution < -0.4 is 49.1 Å². The Hall–Kier alpha value is -8.49. The second kappa shape index (κ2) is 31.5. The summed E-state index contributed by atoms with van der Waals surface area (Å²) in [7, 11) is 0. The number of nitrogens with one attached hydrogen (secondary N) is 9. The first kappa shape index (κ1) is 66.9. The van der Waals surface area contributed by atoms with Crippen molar-refractivity contribution < 1.29 is 28.8 Å². The van der Waals surface area contributed by atoms with Crippen molar-refractivity contribution in [3.8, 4) is 0 Å². The Morgan fingerprint density at radius 3 is 0.901 bits per heavy atom. The number of hydrogen-bond donors (Lipinski definition) is 12. The maximum atomic E-state index is 14.1. The number of amides is 6. The Morgan fingerprint density at radius 2 is 0.648 bits per heavy atom. The minimum Gasteiger partial charge on any atom is -0.358 e. The summed E-state index contributed by atoms with van der Waals surface area (Å²) in [5.74, 6) is -2.49. The van der Waals surface area contributed by atoms with E-state index in [-0.39, 0.29) is 54.7 Å². The number of nitrogens with two attached hydrogens (primary N) is 3. The zero-order valence-electron chi connectivity index (χ0n) is 51.4. The molecule has 0 aliphatic rings. The summed E-state index contributed by atoms with van der Waals surface area (Å²) in [6.07, 6.45) is 5.10. The predicted octanol–water partition coefficient (Wildman–Crippen LogP) is 11.6. The van der Waals surface area contributed by atoms with E-state index in [9.17, 15) is 28.8 Å². The van der Waals surface area contributed by atoms with Crippen molar-refractivity contribution in [3.63, 3.8) is 0 Å². The van der Waals surface area contributed by atoms with Gasteiger partial charge in [0.2, 0.25) is 35.4 Å². The van der Waals surface area contributed by atoms with Crippen LogP contribution in [-0.4, -0.2) is 88.2 Å². The van der Waals surface area contributed by atoms with Gasteiger partial charge in [0, 0.05) is 87.8 Å². The van der Waals surface area contributed by atoms with Crippen LogP contribution in [0.15, 0.2) is 127 Å². The first-order valence-electron chi connectivity index (χ1n) is 30.9. The molecule has 0 spiro atoms. The first-order chi connectivity index (χ1) is 43.9. The molecular weight excluding hydrogens is 1210 g/mol. The topological polar surface area (TPSA) is 300 Å². The van der Waals surface area contributed by atoms with Gasteiger partial charge >= 0.3 is 0 Å². The lowest BCUT2D eigenvalue weighted by atomic mass is 9.85. The molecule has 3 atom stereocenters. The van der Waals surface area contributed by atoms with Crippen molar-refractivity contribution >= 4 is 120 Å². The average molecular weight is 1290 g/mol. The van der Waals surface area contributed by atoms with Crippen molar-refractivity contribution in [1.82, 2.24) is 30.9 Å². The highest BCUT2D eigenvalue weighted by molar-refractivity contribution is 6.32. The van der Waals surface area contributed by atoms with Gasteiger partial charge in [0.15, 0.2) is 0 Å².